The minimum atomic E-state index is -0.658. The van der Waals surface area contributed by atoms with E-state index in [2.05, 4.69) is 10.3 Å². The first kappa shape index (κ1) is 6.76. The quantitative estimate of drug-likeness (QED) is 0.586. The Hall–Kier alpha value is -0.930. The van der Waals surface area contributed by atoms with Gasteiger partial charge in [0.1, 0.15) is 5.60 Å². The Morgan fingerprint density at radius 1 is 1.55 bits per heavy atom. The van der Waals surface area contributed by atoms with E-state index in [0.29, 0.717) is 13.1 Å². The third-order valence-electron chi connectivity index (χ3n) is 2.03. The number of hydrogen-bond acceptors (Lipinski definition) is 3. The van der Waals surface area contributed by atoms with Crippen molar-refractivity contribution >= 4 is 0 Å². The minimum Gasteiger partial charge on any atom is -0.382 e. The van der Waals surface area contributed by atoms with Gasteiger partial charge in [0, 0.05) is 31.0 Å². The highest BCUT2D eigenvalue weighted by Gasteiger charge is 2.35. The van der Waals surface area contributed by atoms with Crippen molar-refractivity contribution in [1.29, 1.82) is 0 Å². The van der Waals surface area contributed by atoms with Gasteiger partial charge in [0.15, 0.2) is 0 Å². The number of rotatable bonds is 1. The van der Waals surface area contributed by atoms with Gasteiger partial charge in [0.25, 0.3) is 0 Å². The Kier molecular flexibility index (Phi) is 1.41. The Balaban J connectivity index is 2.29. The second kappa shape index (κ2) is 2.29. The average molecular weight is 150 g/mol. The molecule has 0 bridgehead atoms. The second-order valence-corrected chi connectivity index (χ2v) is 2.88. The van der Waals surface area contributed by atoms with Crippen LogP contribution in [0.25, 0.3) is 0 Å². The van der Waals surface area contributed by atoms with Crippen LogP contribution in [0.1, 0.15) is 5.56 Å². The minimum absolute atomic E-state index is 0.638. The SMILES string of the molecule is OC1(c2cccnc2)CNC1. The van der Waals surface area contributed by atoms with E-state index in [-0.39, 0.29) is 0 Å². The standard InChI is InChI=1S/C8H10N2O/c11-8(5-10-6-8)7-2-1-3-9-4-7/h1-4,10-11H,5-6H2. The normalized spacial score (nSPS) is 20.8. The molecule has 1 aromatic rings. The van der Waals surface area contributed by atoms with Crippen LogP contribution in [0, 0.1) is 0 Å². The number of nitrogens with zero attached hydrogens (tertiary/aromatic N) is 1. The maximum absolute atomic E-state index is 9.78. The van der Waals surface area contributed by atoms with Crippen LogP contribution in [0.3, 0.4) is 0 Å². The lowest BCUT2D eigenvalue weighted by Gasteiger charge is -2.37. The number of nitrogens with one attached hydrogen (secondary N) is 1. The lowest BCUT2D eigenvalue weighted by atomic mass is 9.90. The fourth-order valence-electron chi connectivity index (χ4n) is 1.20. The molecule has 1 aliphatic heterocycles. The molecule has 0 aliphatic carbocycles. The molecule has 58 valence electrons. The van der Waals surface area contributed by atoms with Crippen molar-refractivity contribution < 1.29 is 5.11 Å². The van der Waals surface area contributed by atoms with Crippen LogP contribution in [0.15, 0.2) is 24.5 Å². The molecular weight excluding hydrogens is 140 g/mol. The monoisotopic (exact) mass is 150 g/mol. The summed E-state index contributed by atoms with van der Waals surface area (Å²) < 4.78 is 0. The van der Waals surface area contributed by atoms with Gasteiger partial charge in [-0.05, 0) is 6.07 Å². The summed E-state index contributed by atoms with van der Waals surface area (Å²) in [6.07, 6.45) is 3.42. The van der Waals surface area contributed by atoms with Gasteiger partial charge in [0.05, 0.1) is 0 Å². The number of β-amino-alcohol motifs (C(OH)–C–C–N with tert-alkyl or cyclic N) is 1. The summed E-state index contributed by atoms with van der Waals surface area (Å²) in [7, 11) is 0. The number of aliphatic hydroxyl groups is 1. The van der Waals surface area contributed by atoms with E-state index < -0.39 is 5.60 Å². The Morgan fingerprint density at radius 2 is 2.36 bits per heavy atom. The Labute approximate surface area is 65.1 Å². The van der Waals surface area contributed by atoms with Gasteiger partial charge in [-0.2, -0.15) is 0 Å². The van der Waals surface area contributed by atoms with Crippen LogP contribution >= 0.6 is 0 Å². The highest BCUT2D eigenvalue weighted by Crippen LogP contribution is 2.23. The van der Waals surface area contributed by atoms with Gasteiger partial charge in [-0.1, -0.05) is 6.07 Å². The number of pyridine rings is 1. The molecule has 0 atom stereocenters. The van der Waals surface area contributed by atoms with E-state index in [1.165, 1.54) is 0 Å². The van der Waals surface area contributed by atoms with Gasteiger partial charge in [0.2, 0.25) is 0 Å². The second-order valence-electron chi connectivity index (χ2n) is 2.88. The first-order chi connectivity index (χ1) is 5.31. The summed E-state index contributed by atoms with van der Waals surface area (Å²) in [5.41, 5.74) is 0.243. The first-order valence-corrected chi connectivity index (χ1v) is 3.65. The zero-order valence-electron chi connectivity index (χ0n) is 6.12. The van der Waals surface area contributed by atoms with Crippen LogP contribution in [-0.4, -0.2) is 23.2 Å². The van der Waals surface area contributed by atoms with Gasteiger partial charge < -0.3 is 10.4 Å². The fraction of sp³-hybridized carbons (Fsp3) is 0.375. The maximum atomic E-state index is 9.78. The summed E-state index contributed by atoms with van der Waals surface area (Å²) >= 11 is 0. The lowest BCUT2D eigenvalue weighted by Crippen LogP contribution is -2.56. The van der Waals surface area contributed by atoms with E-state index in [9.17, 15) is 5.11 Å². The molecule has 2 rings (SSSR count). The molecule has 2 N–H and O–H groups in total. The molecular formula is C8H10N2O. The fourth-order valence-corrected chi connectivity index (χ4v) is 1.20. The van der Waals surface area contributed by atoms with E-state index in [0.717, 1.165) is 5.56 Å². The molecule has 1 fully saturated rings. The van der Waals surface area contributed by atoms with Crippen molar-refractivity contribution in [1.82, 2.24) is 10.3 Å². The number of aromatic nitrogens is 1. The molecule has 0 radical (unpaired) electrons. The third kappa shape index (κ3) is 1.02. The summed E-state index contributed by atoms with van der Waals surface area (Å²) in [6.45, 7) is 1.28. The highest BCUT2D eigenvalue weighted by molar-refractivity contribution is 5.22. The Bertz CT molecular complexity index is 244. The molecule has 0 aromatic carbocycles. The zero-order chi connectivity index (χ0) is 7.73. The molecule has 1 aliphatic rings. The predicted molar refractivity (Wildman–Crippen MR) is 41.0 cm³/mol. The molecule has 0 amide bonds. The van der Waals surface area contributed by atoms with E-state index in [1.807, 2.05) is 12.1 Å². The smallest absolute Gasteiger partial charge is 0.116 e. The zero-order valence-corrected chi connectivity index (χ0v) is 6.12. The number of hydrogen-bond donors (Lipinski definition) is 2. The lowest BCUT2D eigenvalue weighted by molar-refractivity contribution is -0.0149. The molecule has 0 saturated carbocycles. The first-order valence-electron chi connectivity index (χ1n) is 3.65. The molecule has 1 saturated heterocycles. The van der Waals surface area contributed by atoms with Crippen LogP contribution in [0.2, 0.25) is 0 Å². The summed E-state index contributed by atoms with van der Waals surface area (Å²) in [5, 5.41) is 12.8. The van der Waals surface area contributed by atoms with Crippen molar-refractivity contribution in [2.24, 2.45) is 0 Å². The van der Waals surface area contributed by atoms with Gasteiger partial charge in [-0.15, -0.1) is 0 Å². The largest absolute Gasteiger partial charge is 0.382 e. The molecule has 3 heteroatoms. The topological polar surface area (TPSA) is 45.2 Å². The molecule has 0 spiro atoms. The van der Waals surface area contributed by atoms with Crippen LogP contribution in [0.4, 0.5) is 0 Å². The average Bonchev–Trinajstić information content (AvgIpc) is 2.02. The predicted octanol–water partition coefficient (Wildman–Crippen LogP) is -0.128. The van der Waals surface area contributed by atoms with Crippen molar-refractivity contribution in [3.05, 3.63) is 30.1 Å². The van der Waals surface area contributed by atoms with E-state index in [4.69, 9.17) is 0 Å². The van der Waals surface area contributed by atoms with Crippen molar-refractivity contribution in [3.63, 3.8) is 0 Å². The molecule has 3 nitrogen and oxygen atoms in total. The molecule has 0 unspecified atom stereocenters. The van der Waals surface area contributed by atoms with Gasteiger partial charge in [-0.25, -0.2) is 0 Å². The van der Waals surface area contributed by atoms with Crippen LogP contribution < -0.4 is 5.32 Å². The molecule has 2 heterocycles. The summed E-state index contributed by atoms with van der Waals surface area (Å²) in [5.74, 6) is 0. The summed E-state index contributed by atoms with van der Waals surface area (Å²) in [6, 6.07) is 3.74. The van der Waals surface area contributed by atoms with Gasteiger partial charge >= 0.3 is 0 Å². The van der Waals surface area contributed by atoms with Crippen molar-refractivity contribution in [2.75, 3.05) is 13.1 Å². The van der Waals surface area contributed by atoms with Crippen molar-refractivity contribution in [2.45, 2.75) is 5.60 Å². The molecule has 11 heavy (non-hydrogen) atoms. The van der Waals surface area contributed by atoms with E-state index in [1.54, 1.807) is 12.4 Å². The van der Waals surface area contributed by atoms with Crippen molar-refractivity contribution in [3.8, 4) is 0 Å². The van der Waals surface area contributed by atoms with Crippen LogP contribution in [0.5, 0.6) is 0 Å². The highest BCUT2D eigenvalue weighted by atomic mass is 16.3. The maximum Gasteiger partial charge on any atom is 0.116 e. The van der Waals surface area contributed by atoms with E-state index >= 15 is 0 Å². The molecule has 1 aromatic heterocycles. The summed E-state index contributed by atoms with van der Waals surface area (Å²) in [4.78, 5) is 3.95. The Morgan fingerprint density at radius 3 is 2.82 bits per heavy atom. The van der Waals surface area contributed by atoms with Gasteiger partial charge in [-0.3, -0.25) is 4.98 Å². The van der Waals surface area contributed by atoms with Crippen LogP contribution in [-0.2, 0) is 5.60 Å². The third-order valence-corrected chi connectivity index (χ3v) is 2.03.